The number of carbonyl (C=O) groups excluding carboxylic acids is 1. The first kappa shape index (κ1) is 14.5. The summed E-state index contributed by atoms with van der Waals surface area (Å²) in [7, 11) is 1.60. The number of pyridine rings is 1. The summed E-state index contributed by atoms with van der Waals surface area (Å²) in [6.07, 6.45) is 2.86. The number of hydrogen-bond acceptors (Lipinski definition) is 3. The van der Waals surface area contributed by atoms with Crippen LogP contribution in [0.5, 0.6) is 5.75 Å². The summed E-state index contributed by atoms with van der Waals surface area (Å²) >= 11 is 0. The smallest absolute Gasteiger partial charge is 0.276 e. The first-order chi connectivity index (χ1) is 10.6. The molecule has 0 atom stereocenters. The minimum absolute atomic E-state index is 0.232. The SMILES string of the molecule is COc1ccc(C)c2c1N(C(=O)c1ccc(F)cn1)CCC2. The van der Waals surface area contributed by atoms with Crippen LogP contribution in [-0.4, -0.2) is 24.5 Å². The van der Waals surface area contributed by atoms with Crippen LogP contribution in [0.25, 0.3) is 0 Å². The summed E-state index contributed by atoms with van der Waals surface area (Å²) in [5.74, 6) is -0.00960. The molecule has 2 aromatic rings. The second-order valence-corrected chi connectivity index (χ2v) is 5.33. The van der Waals surface area contributed by atoms with Gasteiger partial charge in [0.1, 0.15) is 17.3 Å². The highest BCUT2D eigenvalue weighted by Gasteiger charge is 2.28. The van der Waals surface area contributed by atoms with Gasteiger partial charge in [0.2, 0.25) is 0 Å². The maximum Gasteiger partial charge on any atom is 0.276 e. The van der Waals surface area contributed by atoms with Crippen molar-refractivity contribution in [1.82, 2.24) is 4.98 Å². The molecule has 0 spiro atoms. The van der Waals surface area contributed by atoms with Gasteiger partial charge >= 0.3 is 0 Å². The topological polar surface area (TPSA) is 42.4 Å². The number of rotatable bonds is 2. The second kappa shape index (κ2) is 5.75. The third kappa shape index (κ3) is 2.43. The van der Waals surface area contributed by atoms with Crippen molar-refractivity contribution >= 4 is 11.6 Å². The number of aryl methyl sites for hydroxylation is 1. The van der Waals surface area contributed by atoms with Crippen LogP contribution in [0, 0.1) is 12.7 Å². The molecule has 114 valence electrons. The van der Waals surface area contributed by atoms with Gasteiger partial charge in [0, 0.05) is 6.54 Å². The second-order valence-electron chi connectivity index (χ2n) is 5.33. The van der Waals surface area contributed by atoms with Crippen LogP contribution >= 0.6 is 0 Å². The molecule has 0 saturated carbocycles. The van der Waals surface area contributed by atoms with Gasteiger partial charge in [-0.15, -0.1) is 0 Å². The van der Waals surface area contributed by atoms with E-state index in [4.69, 9.17) is 4.74 Å². The maximum absolute atomic E-state index is 13.0. The molecule has 2 heterocycles. The fourth-order valence-electron chi connectivity index (χ4n) is 2.86. The molecule has 5 heteroatoms. The number of ether oxygens (including phenoxy) is 1. The average molecular weight is 300 g/mol. The Morgan fingerprint density at radius 2 is 2.14 bits per heavy atom. The Labute approximate surface area is 128 Å². The molecule has 0 radical (unpaired) electrons. The maximum atomic E-state index is 13.0. The first-order valence-corrected chi connectivity index (χ1v) is 7.21. The van der Waals surface area contributed by atoms with Crippen LogP contribution < -0.4 is 9.64 Å². The van der Waals surface area contributed by atoms with E-state index in [9.17, 15) is 9.18 Å². The summed E-state index contributed by atoms with van der Waals surface area (Å²) < 4.78 is 18.4. The van der Waals surface area contributed by atoms with Gasteiger partial charge in [-0.1, -0.05) is 6.07 Å². The van der Waals surface area contributed by atoms with Gasteiger partial charge in [-0.05, 0) is 49.1 Å². The molecule has 1 aromatic carbocycles. The van der Waals surface area contributed by atoms with Crippen molar-refractivity contribution in [3.05, 3.63) is 53.1 Å². The number of aromatic nitrogens is 1. The molecule has 1 amide bonds. The van der Waals surface area contributed by atoms with E-state index in [1.54, 1.807) is 12.0 Å². The van der Waals surface area contributed by atoms with E-state index in [0.717, 1.165) is 35.9 Å². The number of nitrogens with zero attached hydrogens (tertiary/aromatic N) is 2. The summed E-state index contributed by atoms with van der Waals surface area (Å²) in [5, 5.41) is 0. The largest absolute Gasteiger partial charge is 0.495 e. The summed E-state index contributed by atoms with van der Waals surface area (Å²) in [5.41, 5.74) is 3.31. The van der Waals surface area contributed by atoms with E-state index in [1.807, 2.05) is 19.1 Å². The lowest BCUT2D eigenvalue weighted by Gasteiger charge is -2.31. The normalized spacial score (nSPS) is 13.7. The van der Waals surface area contributed by atoms with E-state index in [0.29, 0.717) is 12.3 Å². The third-order valence-electron chi connectivity index (χ3n) is 3.97. The molecule has 1 aliphatic rings. The lowest BCUT2D eigenvalue weighted by Crippen LogP contribution is -2.36. The predicted molar refractivity (Wildman–Crippen MR) is 81.9 cm³/mol. The molecule has 4 nitrogen and oxygen atoms in total. The van der Waals surface area contributed by atoms with Crippen LogP contribution in [0.15, 0.2) is 30.5 Å². The first-order valence-electron chi connectivity index (χ1n) is 7.21. The Hall–Kier alpha value is -2.43. The molecule has 22 heavy (non-hydrogen) atoms. The number of hydrogen-bond donors (Lipinski definition) is 0. The Morgan fingerprint density at radius 3 is 2.82 bits per heavy atom. The number of benzene rings is 1. The molecular weight excluding hydrogens is 283 g/mol. The number of methoxy groups -OCH3 is 1. The average Bonchev–Trinajstić information content (AvgIpc) is 2.55. The van der Waals surface area contributed by atoms with Crippen LogP contribution in [-0.2, 0) is 6.42 Å². The van der Waals surface area contributed by atoms with Gasteiger partial charge in [0.15, 0.2) is 0 Å². The number of carbonyl (C=O) groups is 1. The van der Waals surface area contributed by atoms with E-state index in [2.05, 4.69) is 4.98 Å². The number of fused-ring (bicyclic) bond motifs is 1. The molecule has 0 bridgehead atoms. The highest BCUT2D eigenvalue weighted by molar-refractivity contribution is 6.06. The summed E-state index contributed by atoms with van der Waals surface area (Å²) in [6, 6.07) is 6.53. The number of halogens is 1. The van der Waals surface area contributed by atoms with Crippen LogP contribution in [0.2, 0.25) is 0 Å². The fraction of sp³-hybridized carbons (Fsp3) is 0.294. The highest BCUT2D eigenvalue weighted by Crippen LogP contribution is 2.38. The lowest BCUT2D eigenvalue weighted by atomic mass is 9.96. The monoisotopic (exact) mass is 300 g/mol. The minimum Gasteiger partial charge on any atom is -0.495 e. The molecule has 0 N–H and O–H groups in total. The molecule has 0 unspecified atom stereocenters. The van der Waals surface area contributed by atoms with Crippen molar-refractivity contribution in [2.24, 2.45) is 0 Å². The molecule has 1 aliphatic heterocycles. The van der Waals surface area contributed by atoms with Crippen molar-refractivity contribution in [2.75, 3.05) is 18.6 Å². The van der Waals surface area contributed by atoms with Crippen molar-refractivity contribution in [1.29, 1.82) is 0 Å². The Balaban J connectivity index is 2.06. The van der Waals surface area contributed by atoms with Crippen molar-refractivity contribution in [2.45, 2.75) is 19.8 Å². The van der Waals surface area contributed by atoms with E-state index < -0.39 is 5.82 Å². The van der Waals surface area contributed by atoms with Gasteiger partial charge in [0.05, 0.1) is 19.0 Å². The van der Waals surface area contributed by atoms with Crippen molar-refractivity contribution in [3.8, 4) is 5.75 Å². The highest BCUT2D eigenvalue weighted by atomic mass is 19.1. The third-order valence-corrected chi connectivity index (χ3v) is 3.97. The standard InChI is InChI=1S/C17H17FN2O2/c1-11-5-8-15(22-2)16-13(11)4-3-9-20(16)17(21)14-7-6-12(18)10-19-14/h5-8,10H,3-4,9H2,1-2H3. The quantitative estimate of drug-likeness (QED) is 0.855. The molecular formula is C17H17FN2O2. The van der Waals surface area contributed by atoms with Gasteiger partial charge < -0.3 is 9.64 Å². The Bertz CT molecular complexity index is 713. The van der Waals surface area contributed by atoms with Crippen LogP contribution in [0.4, 0.5) is 10.1 Å². The molecule has 1 aromatic heterocycles. The zero-order valence-electron chi connectivity index (χ0n) is 12.6. The Morgan fingerprint density at radius 1 is 1.32 bits per heavy atom. The molecule has 0 fully saturated rings. The Kier molecular flexibility index (Phi) is 3.79. The minimum atomic E-state index is -0.455. The van der Waals surface area contributed by atoms with Gasteiger partial charge in [-0.3, -0.25) is 4.79 Å². The summed E-state index contributed by atoms with van der Waals surface area (Å²) in [4.78, 5) is 18.3. The van der Waals surface area contributed by atoms with E-state index >= 15 is 0 Å². The number of anilines is 1. The predicted octanol–water partition coefficient (Wildman–Crippen LogP) is 3.13. The number of amides is 1. The van der Waals surface area contributed by atoms with Crippen molar-refractivity contribution in [3.63, 3.8) is 0 Å². The molecule has 3 rings (SSSR count). The van der Waals surface area contributed by atoms with E-state index in [1.165, 1.54) is 12.1 Å². The molecule has 0 saturated heterocycles. The fourth-order valence-corrected chi connectivity index (χ4v) is 2.86. The van der Waals surface area contributed by atoms with Crippen LogP contribution in [0.1, 0.15) is 28.0 Å². The van der Waals surface area contributed by atoms with Crippen molar-refractivity contribution < 1.29 is 13.9 Å². The van der Waals surface area contributed by atoms with Gasteiger partial charge in [0.25, 0.3) is 5.91 Å². The van der Waals surface area contributed by atoms with E-state index in [-0.39, 0.29) is 11.6 Å². The zero-order valence-corrected chi connectivity index (χ0v) is 12.6. The summed E-state index contributed by atoms with van der Waals surface area (Å²) in [6.45, 7) is 2.63. The van der Waals surface area contributed by atoms with Gasteiger partial charge in [-0.2, -0.15) is 0 Å². The zero-order chi connectivity index (χ0) is 15.7. The van der Waals surface area contributed by atoms with Crippen LogP contribution in [0.3, 0.4) is 0 Å². The lowest BCUT2D eigenvalue weighted by molar-refractivity contribution is 0.0979. The van der Waals surface area contributed by atoms with Gasteiger partial charge in [-0.25, -0.2) is 9.37 Å². The molecule has 0 aliphatic carbocycles.